The van der Waals surface area contributed by atoms with Gasteiger partial charge < -0.3 is 4.74 Å². The normalized spacial score (nSPS) is 25.2. The van der Waals surface area contributed by atoms with Crippen LogP contribution in [0.15, 0.2) is 24.3 Å². The largest absolute Gasteiger partial charge is 0.369 e. The highest BCUT2D eigenvalue weighted by Gasteiger charge is 2.27. The Labute approximate surface area is 131 Å². The van der Waals surface area contributed by atoms with Crippen molar-refractivity contribution in [2.45, 2.75) is 58.2 Å². The summed E-state index contributed by atoms with van der Waals surface area (Å²) in [6, 6.07) is 8.83. The number of benzene rings is 1. The molecule has 2 heteroatoms. The van der Waals surface area contributed by atoms with Gasteiger partial charge in [0, 0.05) is 4.43 Å². The summed E-state index contributed by atoms with van der Waals surface area (Å²) in [7, 11) is 0. The van der Waals surface area contributed by atoms with Gasteiger partial charge in [-0.05, 0) is 31.2 Å². The lowest BCUT2D eigenvalue weighted by Crippen LogP contribution is -2.29. The van der Waals surface area contributed by atoms with Crippen molar-refractivity contribution in [3.8, 4) is 0 Å². The topological polar surface area (TPSA) is 9.23 Å². The van der Waals surface area contributed by atoms with E-state index in [9.17, 15) is 0 Å². The average molecular weight is 372 g/mol. The second-order valence-corrected chi connectivity index (χ2v) is 6.56. The number of halogens is 1. The predicted molar refractivity (Wildman–Crippen MR) is 89.9 cm³/mol. The highest BCUT2D eigenvalue weighted by molar-refractivity contribution is 14.1. The van der Waals surface area contributed by atoms with Crippen molar-refractivity contribution in [2.75, 3.05) is 4.43 Å². The van der Waals surface area contributed by atoms with E-state index in [4.69, 9.17) is 4.74 Å². The van der Waals surface area contributed by atoms with Gasteiger partial charge >= 0.3 is 0 Å². The Morgan fingerprint density at radius 2 is 1.89 bits per heavy atom. The summed E-state index contributed by atoms with van der Waals surface area (Å²) in [4.78, 5) is 0. The fraction of sp³-hybridized carbons (Fsp3) is 0.647. The quantitative estimate of drug-likeness (QED) is 0.493. The fourth-order valence-electron chi connectivity index (χ4n) is 3.02. The van der Waals surface area contributed by atoms with Crippen LogP contribution < -0.4 is 0 Å². The van der Waals surface area contributed by atoms with Gasteiger partial charge in [-0.25, -0.2) is 0 Å². The molecular formula is C17H25IO. The zero-order valence-corrected chi connectivity index (χ0v) is 14.2. The molecule has 0 heterocycles. The van der Waals surface area contributed by atoms with Crippen molar-refractivity contribution in [3.63, 3.8) is 0 Å². The van der Waals surface area contributed by atoms with E-state index in [1.165, 1.54) is 43.2 Å². The van der Waals surface area contributed by atoms with Crippen LogP contribution in [0.3, 0.4) is 0 Å². The van der Waals surface area contributed by atoms with Gasteiger partial charge in [0.1, 0.15) is 0 Å². The third kappa shape index (κ3) is 4.19. The SMILES string of the molecule is CCC1CCCCC1OC(CI)c1ccc(C)cc1. The number of hydrogen-bond donors (Lipinski definition) is 0. The molecule has 0 amide bonds. The number of aryl methyl sites for hydroxylation is 1. The summed E-state index contributed by atoms with van der Waals surface area (Å²) in [5, 5.41) is 0. The van der Waals surface area contributed by atoms with Gasteiger partial charge in [-0.2, -0.15) is 0 Å². The molecule has 1 aromatic rings. The first-order chi connectivity index (χ1) is 9.24. The number of rotatable bonds is 5. The minimum Gasteiger partial charge on any atom is -0.369 e. The summed E-state index contributed by atoms with van der Waals surface area (Å²) in [6.45, 7) is 4.44. The lowest BCUT2D eigenvalue weighted by Gasteiger charge is -2.33. The Hall–Kier alpha value is -0.0900. The first-order valence-electron chi connectivity index (χ1n) is 7.52. The van der Waals surface area contributed by atoms with Gasteiger partial charge in [-0.3, -0.25) is 0 Å². The smallest absolute Gasteiger partial charge is 0.0918 e. The van der Waals surface area contributed by atoms with Crippen molar-refractivity contribution >= 4 is 22.6 Å². The maximum Gasteiger partial charge on any atom is 0.0918 e. The molecule has 19 heavy (non-hydrogen) atoms. The standard InChI is InChI=1S/C17H25IO/c1-3-14-6-4-5-7-16(14)19-17(12-18)15-10-8-13(2)9-11-15/h8-11,14,16-17H,3-7,12H2,1-2H3. The molecule has 0 radical (unpaired) electrons. The Balaban J connectivity index is 2.03. The van der Waals surface area contributed by atoms with Gasteiger partial charge in [0.05, 0.1) is 12.2 Å². The molecule has 106 valence electrons. The highest BCUT2D eigenvalue weighted by atomic mass is 127. The van der Waals surface area contributed by atoms with Crippen LogP contribution in [-0.4, -0.2) is 10.5 Å². The molecule has 0 bridgehead atoms. The lowest BCUT2D eigenvalue weighted by molar-refractivity contribution is -0.0517. The third-order valence-corrected chi connectivity index (χ3v) is 5.09. The number of ether oxygens (including phenoxy) is 1. The van der Waals surface area contributed by atoms with E-state index in [1.54, 1.807) is 0 Å². The molecule has 2 rings (SSSR count). The first kappa shape index (κ1) is 15.3. The number of hydrogen-bond acceptors (Lipinski definition) is 1. The second kappa shape index (κ2) is 7.63. The molecule has 0 aliphatic heterocycles. The average Bonchev–Trinajstić information content (AvgIpc) is 2.46. The maximum absolute atomic E-state index is 6.46. The van der Waals surface area contributed by atoms with Crippen LogP contribution in [0.4, 0.5) is 0 Å². The Kier molecular flexibility index (Phi) is 6.14. The number of alkyl halides is 1. The zero-order valence-electron chi connectivity index (χ0n) is 12.1. The zero-order chi connectivity index (χ0) is 13.7. The van der Waals surface area contributed by atoms with E-state index in [-0.39, 0.29) is 6.10 Å². The van der Waals surface area contributed by atoms with Crippen LogP contribution in [0.2, 0.25) is 0 Å². The molecule has 1 aliphatic carbocycles. The third-order valence-electron chi connectivity index (χ3n) is 4.29. The van der Waals surface area contributed by atoms with Gasteiger partial charge in [0.2, 0.25) is 0 Å². The van der Waals surface area contributed by atoms with E-state index in [1.807, 2.05) is 0 Å². The summed E-state index contributed by atoms with van der Waals surface area (Å²) in [6.07, 6.45) is 7.31. The molecule has 0 N–H and O–H groups in total. The summed E-state index contributed by atoms with van der Waals surface area (Å²) in [5.41, 5.74) is 2.65. The molecular weight excluding hydrogens is 347 g/mol. The molecule has 0 saturated heterocycles. The highest BCUT2D eigenvalue weighted by Crippen LogP contribution is 2.33. The molecule has 1 nitrogen and oxygen atoms in total. The van der Waals surface area contributed by atoms with Crippen LogP contribution in [0.5, 0.6) is 0 Å². The van der Waals surface area contributed by atoms with Crippen molar-refractivity contribution in [2.24, 2.45) is 5.92 Å². The van der Waals surface area contributed by atoms with E-state index < -0.39 is 0 Å². The minimum atomic E-state index is 0.262. The van der Waals surface area contributed by atoms with Gasteiger partial charge in [-0.15, -0.1) is 0 Å². The van der Waals surface area contributed by atoms with E-state index in [0.29, 0.717) is 6.10 Å². The monoisotopic (exact) mass is 372 g/mol. The minimum absolute atomic E-state index is 0.262. The van der Waals surface area contributed by atoms with Crippen LogP contribution in [0.25, 0.3) is 0 Å². The van der Waals surface area contributed by atoms with Gasteiger partial charge in [0.25, 0.3) is 0 Å². The van der Waals surface area contributed by atoms with E-state index in [2.05, 4.69) is 60.7 Å². The Bertz CT molecular complexity index is 373. The van der Waals surface area contributed by atoms with Crippen molar-refractivity contribution in [1.82, 2.24) is 0 Å². The van der Waals surface area contributed by atoms with Gasteiger partial charge in [0.15, 0.2) is 0 Å². The molecule has 3 unspecified atom stereocenters. The molecule has 3 atom stereocenters. The summed E-state index contributed by atoms with van der Waals surface area (Å²) >= 11 is 2.45. The van der Waals surface area contributed by atoms with E-state index >= 15 is 0 Å². The molecule has 1 fully saturated rings. The van der Waals surface area contributed by atoms with E-state index in [0.717, 1.165) is 10.3 Å². The Morgan fingerprint density at radius 3 is 2.53 bits per heavy atom. The van der Waals surface area contributed by atoms with Crippen LogP contribution in [-0.2, 0) is 4.74 Å². The van der Waals surface area contributed by atoms with Crippen LogP contribution in [0, 0.1) is 12.8 Å². The molecule has 1 saturated carbocycles. The van der Waals surface area contributed by atoms with Crippen molar-refractivity contribution in [1.29, 1.82) is 0 Å². The summed E-state index contributed by atoms with van der Waals surface area (Å²) in [5.74, 6) is 0.768. The molecule has 1 aliphatic rings. The second-order valence-electron chi connectivity index (χ2n) is 5.68. The van der Waals surface area contributed by atoms with Gasteiger partial charge in [-0.1, -0.05) is 78.6 Å². The summed E-state index contributed by atoms with van der Waals surface area (Å²) < 4.78 is 7.50. The fourth-order valence-corrected chi connectivity index (χ4v) is 3.73. The lowest BCUT2D eigenvalue weighted by atomic mass is 9.84. The van der Waals surface area contributed by atoms with Crippen molar-refractivity contribution < 1.29 is 4.74 Å². The maximum atomic E-state index is 6.46. The molecule has 0 aromatic heterocycles. The molecule has 0 spiro atoms. The first-order valence-corrected chi connectivity index (χ1v) is 9.05. The van der Waals surface area contributed by atoms with Crippen LogP contribution in [0.1, 0.15) is 56.3 Å². The Morgan fingerprint density at radius 1 is 1.21 bits per heavy atom. The predicted octanol–water partition coefficient (Wildman–Crippen LogP) is 5.46. The van der Waals surface area contributed by atoms with Crippen molar-refractivity contribution in [3.05, 3.63) is 35.4 Å². The van der Waals surface area contributed by atoms with Crippen LogP contribution >= 0.6 is 22.6 Å². The molecule has 1 aromatic carbocycles.